The highest BCUT2D eigenvalue weighted by Gasteiger charge is 2.44. The van der Waals surface area contributed by atoms with Gasteiger partial charge in [-0.3, -0.25) is 0 Å². The van der Waals surface area contributed by atoms with Crippen LogP contribution in [0.15, 0.2) is 18.2 Å². The van der Waals surface area contributed by atoms with E-state index < -0.39 is 0 Å². The van der Waals surface area contributed by atoms with Crippen LogP contribution in [0.25, 0.3) is 0 Å². The zero-order chi connectivity index (χ0) is 11.8. The van der Waals surface area contributed by atoms with Crippen LogP contribution in [0.2, 0.25) is 0 Å². The molecule has 1 aliphatic rings. The van der Waals surface area contributed by atoms with Gasteiger partial charge in [-0.05, 0) is 48.8 Å². The van der Waals surface area contributed by atoms with Crippen LogP contribution in [0.5, 0.6) is 0 Å². The van der Waals surface area contributed by atoms with Gasteiger partial charge in [0.05, 0.1) is 0 Å². The molecular weight excluding hydrogens is 196 g/mol. The number of rotatable bonds is 4. The lowest BCUT2D eigenvalue weighted by Crippen LogP contribution is -2.21. The van der Waals surface area contributed by atoms with E-state index in [9.17, 15) is 0 Å². The molecule has 1 aromatic carbocycles. The zero-order valence-corrected chi connectivity index (χ0v) is 10.5. The maximum atomic E-state index is 5.90. The van der Waals surface area contributed by atoms with E-state index in [1.807, 2.05) is 12.1 Å². The van der Waals surface area contributed by atoms with E-state index in [4.69, 9.17) is 5.73 Å². The second kappa shape index (κ2) is 4.00. The van der Waals surface area contributed by atoms with Gasteiger partial charge in [0.25, 0.3) is 0 Å². The fraction of sp³-hybridized carbons (Fsp3) is 0.571. The number of benzene rings is 1. The molecule has 1 saturated carbocycles. The fourth-order valence-corrected chi connectivity index (χ4v) is 2.24. The van der Waals surface area contributed by atoms with Gasteiger partial charge in [0.1, 0.15) is 0 Å². The SMILES string of the molecule is Cc1c(N)cccc1NCC1(C(C)C)CC1. The summed E-state index contributed by atoms with van der Waals surface area (Å²) < 4.78 is 0. The third-order valence-electron chi connectivity index (χ3n) is 4.12. The molecule has 88 valence electrons. The predicted octanol–water partition coefficient (Wildman–Crippen LogP) is 3.43. The Kier molecular flexibility index (Phi) is 2.83. The van der Waals surface area contributed by atoms with Crippen LogP contribution in [0, 0.1) is 18.3 Å². The quantitative estimate of drug-likeness (QED) is 0.760. The van der Waals surface area contributed by atoms with Gasteiger partial charge in [0, 0.05) is 17.9 Å². The lowest BCUT2D eigenvalue weighted by atomic mass is 9.92. The minimum Gasteiger partial charge on any atom is -0.398 e. The normalized spacial score (nSPS) is 17.5. The molecule has 0 saturated heterocycles. The summed E-state index contributed by atoms with van der Waals surface area (Å²) in [7, 11) is 0. The Morgan fingerprint density at radius 2 is 2.06 bits per heavy atom. The maximum Gasteiger partial charge on any atom is 0.0390 e. The summed E-state index contributed by atoms with van der Waals surface area (Å²) in [5, 5.41) is 3.56. The van der Waals surface area contributed by atoms with Crippen molar-refractivity contribution >= 4 is 11.4 Å². The van der Waals surface area contributed by atoms with Crippen LogP contribution >= 0.6 is 0 Å². The third-order valence-corrected chi connectivity index (χ3v) is 4.12. The molecule has 0 aromatic heterocycles. The van der Waals surface area contributed by atoms with Gasteiger partial charge in [-0.15, -0.1) is 0 Å². The van der Waals surface area contributed by atoms with Crippen LogP contribution in [-0.2, 0) is 0 Å². The Balaban J connectivity index is 2.03. The molecular formula is C14H22N2. The third kappa shape index (κ3) is 2.01. The molecule has 2 heteroatoms. The van der Waals surface area contributed by atoms with Gasteiger partial charge in [-0.1, -0.05) is 19.9 Å². The molecule has 0 heterocycles. The fourth-order valence-electron chi connectivity index (χ4n) is 2.24. The molecule has 3 N–H and O–H groups in total. The van der Waals surface area contributed by atoms with Crippen molar-refractivity contribution in [2.75, 3.05) is 17.6 Å². The molecule has 0 unspecified atom stereocenters. The number of hydrogen-bond donors (Lipinski definition) is 2. The van der Waals surface area contributed by atoms with E-state index in [0.717, 1.165) is 18.2 Å². The average molecular weight is 218 g/mol. The second-order valence-electron chi connectivity index (χ2n) is 5.39. The Hall–Kier alpha value is -1.18. The largest absolute Gasteiger partial charge is 0.398 e. The first kappa shape index (κ1) is 11.3. The first-order valence-corrected chi connectivity index (χ1v) is 6.14. The van der Waals surface area contributed by atoms with Gasteiger partial charge < -0.3 is 11.1 Å². The van der Waals surface area contributed by atoms with Crippen molar-refractivity contribution < 1.29 is 0 Å². The van der Waals surface area contributed by atoms with Crippen LogP contribution in [0.4, 0.5) is 11.4 Å². The minimum atomic E-state index is 0.539. The number of anilines is 2. The van der Waals surface area contributed by atoms with E-state index in [0.29, 0.717) is 5.41 Å². The van der Waals surface area contributed by atoms with Crippen LogP contribution in [0.3, 0.4) is 0 Å². The van der Waals surface area contributed by atoms with Crippen molar-refractivity contribution in [2.45, 2.75) is 33.6 Å². The molecule has 1 aromatic rings. The van der Waals surface area contributed by atoms with Gasteiger partial charge in [-0.25, -0.2) is 0 Å². The summed E-state index contributed by atoms with van der Waals surface area (Å²) in [6.45, 7) is 7.79. The second-order valence-corrected chi connectivity index (χ2v) is 5.39. The standard InChI is InChI=1S/C14H22N2/c1-10(2)14(7-8-14)9-16-13-6-4-5-12(15)11(13)3/h4-6,10,16H,7-9,15H2,1-3H3. The molecule has 1 aliphatic carbocycles. The number of nitrogen functional groups attached to an aromatic ring is 1. The summed E-state index contributed by atoms with van der Waals surface area (Å²) in [6.07, 6.45) is 2.72. The van der Waals surface area contributed by atoms with Gasteiger partial charge in [0.2, 0.25) is 0 Å². The Bertz CT molecular complexity index is 378. The monoisotopic (exact) mass is 218 g/mol. The molecule has 2 nitrogen and oxygen atoms in total. The average Bonchev–Trinajstić information content (AvgIpc) is 3.01. The molecule has 1 fully saturated rings. The van der Waals surface area contributed by atoms with Crippen LogP contribution in [-0.4, -0.2) is 6.54 Å². The topological polar surface area (TPSA) is 38.0 Å². The van der Waals surface area contributed by atoms with Crippen molar-refractivity contribution in [1.82, 2.24) is 0 Å². The van der Waals surface area contributed by atoms with Gasteiger partial charge in [-0.2, -0.15) is 0 Å². The molecule has 0 amide bonds. The van der Waals surface area contributed by atoms with Crippen LogP contribution in [0.1, 0.15) is 32.3 Å². The lowest BCUT2D eigenvalue weighted by molar-refractivity contribution is 0.380. The highest BCUT2D eigenvalue weighted by atomic mass is 14.9. The summed E-state index contributed by atoms with van der Waals surface area (Å²) in [4.78, 5) is 0. The molecule has 0 bridgehead atoms. The molecule has 0 aliphatic heterocycles. The van der Waals surface area contributed by atoms with Crippen LogP contribution < -0.4 is 11.1 Å². The maximum absolute atomic E-state index is 5.90. The van der Waals surface area contributed by atoms with Crippen molar-refractivity contribution in [3.05, 3.63) is 23.8 Å². The summed E-state index contributed by atoms with van der Waals surface area (Å²) in [5.74, 6) is 0.765. The van der Waals surface area contributed by atoms with Crippen molar-refractivity contribution in [2.24, 2.45) is 11.3 Å². The summed E-state index contributed by atoms with van der Waals surface area (Å²) in [6, 6.07) is 6.08. The Morgan fingerprint density at radius 3 is 2.62 bits per heavy atom. The van der Waals surface area contributed by atoms with E-state index in [1.54, 1.807) is 0 Å². The molecule has 16 heavy (non-hydrogen) atoms. The number of hydrogen-bond acceptors (Lipinski definition) is 2. The Morgan fingerprint density at radius 1 is 1.38 bits per heavy atom. The lowest BCUT2D eigenvalue weighted by Gasteiger charge is -2.21. The van der Waals surface area contributed by atoms with E-state index in [-0.39, 0.29) is 0 Å². The first-order chi connectivity index (χ1) is 7.55. The summed E-state index contributed by atoms with van der Waals surface area (Å²) >= 11 is 0. The molecule has 0 radical (unpaired) electrons. The molecule has 2 rings (SSSR count). The molecule has 0 spiro atoms. The Labute approximate surface area is 98.2 Å². The van der Waals surface area contributed by atoms with Gasteiger partial charge in [0.15, 0.2) is 0 Å². The highest BCUT2D eigenvalue weighted by molar-refractivity contribution is 5.62. The number of nitrogens with two attached hydrogens (primary N) is 1. The van der Waals surface area contributed by atoms with Crippen molar-refractivity contribution in [3.63, 3.8) is 0 Å². The predicted molar refractivity (Wildman–Crippen MR) is 70.6 cm³/mol. The van der Waals surface area contributed by atoms with Crippen molar-refractivity contribution in [3.8, 4) is 0 Å². The van der Waals surface area contributed by atoms with Gasteiger partial charge >= 0.3 is 0 Å². The molecule has 0 atom stereocenters. The van der Waals surface area contributed by atoms with Crippen molar-refractivity contribution in [1.29, 1.82) is 0 Å². The van der Waals surface area contributed by atoms with E-state index >= 15 is 0 Å². The summed E-state index contributed by atoms with van der Waals surface area (Å²) in [5.41, 5.74) is 9.66. The van der Waals surface area contributed by atoms with E-state index in [1.165, 1.54) is 24.1 Å². The zero-order valence-electron chi connectivity index (χ0n) is 10.5. The highest BCUT2D eigenvalue weighted by Crippen LogP contribution is 2.51. The number of nitrogens with one attached hydrogen (secondary N) is 1. The minimum absolute atomic E-state index is 0.539. The smallest absolute Gasteiger partial charge is 0.0390 e. The van der Waals surface area contributed by atoms with E-state index in [2.05, 4.69) is 32.2 Å². The first-order valence-electron chi connectivity index (χ1n) is 6.14.